The van der Waals surface area contributed by atoms with Crippen molar-refractivity contribution >= 4 is 0 Å². The Balaban J connectivity index is 2.93. The van der Waals surface area contributed by atoms with Crippen molar-refractivity contribution in [2.75, 3.05) is 13.1 Å². The Morgan fingerprint density at radius 2 is 1.25 bits per heavy atom. The zero-order chi connectivity index (χ0) is 6.57. The Labute approximate surface area is 46.7 Å². The molecule has 0 amide bonds. The van der Waals surface area contributed by atoms with Gasteiger partial charge in [0, 0.05) is 0 Å². The molecule has 2 unspecified atom stereocenters. The standard InChI is InChI=1S/C2H10N4O2/c3-5(7)1-2-6(4)8/h5-6H,1-4H2. The summed E-state index contributed by atoms with van der Waals surface area (Å²) >= 11 is 0. The second-order valence-corrected chi connectivity index (χ2v) is 1.43. The average Bonchev–Trinajstić information content (AvgIpc) is 1.61. The predicted octanol–water partition coefficient (Wildman–Crippen LogP) is -4.50. The van der Waals surface area contributed by atoms with Gasteiger partial charge in [-0.05, 0) is 0 Å². The van der Waals surface area contributed by atoms with Crippen LogP contribution in [0.15, 0.2) is 0 Å². The number of hydrogen-bond acceptors (Lipinski definition) is 4. The Hall–Kier alpha value is -0.240. The van der Waals surface area contributed by atoms with Gasteiger partial charge in [-0.15, -0.1) is 0 Å². The lowest BCUT2D eigenvalue weighted by Crippen LogP contribution is -3.21. The summed E-state index contributed by atoms with van der Waals surface area (Å²) in [6.45, 7) is 0.102. The molecule has 50 valence electrons. The summed E-state index contributed by atoms with van der Waals surface area (Å²) in [6, 6.07) is 0. The molecule has 0 fully saturated rings. The van der Waals surface area contributed by atoms with Crippen LogP contribution in [-0.4, -0.2) is 13.1 Å². The van der Waals surface area contributed by atoms with Crippen LogP contribution in [0.25, 0.3) is 0 Å². The van der Waals surface area contributed by atoms with Crippen LogP contribution in [-0.2, 0) is 0 Å². The Bertz CT molecular complexity index is 48.0. The lowest BCUT2D eigenvalue weighted by atomic mass is 10.7. The van der Waals surface area contributed by atoms with Crippen LogP contribution in [0.5, 0.6) is 0 Å². The number of quaternary nitrogens is 2. The summed E-state index contributed by atoms with van der Waals surface area (Å²) in [4.78, 5) is 0. The molecule has 0 aromatic carbocycles. The van der Waals surface area contributed by atoms with Gasteiger partial charge in [0.1, 0.15) is 13.1 Å². The summed E-state index contributed by atoms with van der Waals surface area (Å²) in [5.41, 5.74) is 0. The van der Waals surface area contributed by atoms with E-state index in [0.29, 0.717) is 0 Å². The van der Waals surface area contributed by atoms with Crippen LogP contribution in [0.3, 0.4) is 0 Å². The molecule has 6 N–H and O–H groups in total. The molecule has 0 heterocycles. The normalized spacial score (nSPS) is 18.0. The third-order valence-corrected chi connectivity index (χ3v) is 0.618. The van der Waals surface area contributed by atoms with Gasteiger partial charge in [-0.1, -0.05) is 0 Å². The average molecular weight is 122 g/mol. The van der Waals surface area contributed by atoms with E-state index in [2.05, 4.69) is 0 Å². The van der Waals surface area contributed by atoms with Crippen molar-refractivity contribution < 1.29 is 10.3 Å². The second kappa shape index (κ2) is 3.72. The van der Waals surface area contributed by atoms with E-state index in [-0.39, 0.29) is 13.1 Å². The molecule has 0 aliphatic carbocycles. The molecule has 0 aliphatic heterocycles. The highest BCUT2D eigenvalue weighted by atomic mass is 16.5. The molecule has 0 rings (SSSR count). The molecular formula is C2H10N4O2. The van der Waals surface area contributed by atoms with Gasteiger partial charge in [0.05, 0.1) is 0 Å². The third kappa shape index (κ3) is 5.76. The number of hydrogen-bond donors (Lipinski definition) is 4. The SMILES string of the molecule is N[NH+]([O-])CC[NH+](N)[O-]. The lowest BCUT2D eigenvalue weighted by molar-refractivity contribution is -0.921. The van der Waals surface area contributed by atoms with Gasteiger partial charge in [-0.25, -0.2) is 0 Å². The van der Waals surface area contributed by atoms with Gasteiger partial charge in [-0.3, -0.25) is 10.3 Å². The van der Waals surface area contributed by atoms with Crippen molar-refractivity contribution in [1.82, 2.24) is 0 Å². The van der Waals surface area contributed by atoms with Crippen LogP contribution in [0.1, 0.15) is 0 Å². The van der Waals surface area contributed by atoms with E-state index in [0.717, 1.165) is 0 Å². The van der Waals surface area contributed by atoms with E-state index in [1.54, 1.807) is 0 Å². The van der Waals surface area contributed by atoms with Gasteiger partial charge < -0.3 is 10.4 Å². The van der Waals surface area contributed by atoms with Crippen molar-refractivity contribution in [2.24, 2.45) is 11.7 Å². The highest BCUT2D eigenvalue weighted by molar-refractivity contribution is 4.17. The zero-order valence-corrected chi connectivity index (χ0v) is 4.39. The molecule has 0 bridgehead atoms. The zero-order valence-electron chi connectivity index (χ0n) is 4.39. The molecule has 0 spiro atoms. The molecule has 6 heteroatoms. The van der Waals surface area contributed by atoms with Gasteiger partial charge >= 0.3 is 0 Å². The Morgan fingerprint density at radius 1 is 1.00 bits per heavy atom. The van der Waals surface area contributed by atoms with Gasteiger partial charge in [-0.2, -0.15) is 11.7 Å². The monoisotopic (exact) mass is 122 g/mol. The molecule has 0 aromatic rings. The third-order valence-electron chi connectivity index (χ3n) is 0.618. The highest BCUT2D eigenvalue weighted by Crippen LogP contribution is 1.30. The maximum absolute atomic E-state index is 9.92. The van der Waals surface area contributed by atoms with Crippen LogP contribution in [0.2, 0.25) is 0 Å². The van der Waals surface area contributed by atoms with Crippen molar-refractivity contribution in [3.05, 3.63) is 10.4 Å². The number of hydroxylamine groups is 2. The quantitative estimate of drug-likeness (QED) is 0.223. The van der Waals surface area contributed by atoms with Crippen molar-refractivity contribution in [2.45, 2.75) is 0 Å². The molecule has 0 saturated heterocycles. The minimum absolute atomic E-state index is 0.0509. The first kappa shape index (κ1) is 7.76. The maximum atomic E-state index is 9.92. The van der Waals surface area contributed by atoms with E-state index in [1.807, 2.05) is 0 Å². The van der Waals surface area contributed by atoms with Crippen molar-refractivity contribution in [3.8, 4) is 0 Å². The second-order valence-electron chi connectivity index (χ2n) is 1.43. The minimum atomic E-state index is -0.496. The maximum Gasteiger partial charge on any atom is 0.146 e. The summed E-state index contributed by atoms with van der Waals surface area (Å²) in [6.07, 6.45) is 0. The number of nitrogens with one attached hydrogen (secondary N) is 2. The first-order valence-corrected chi connectivity index (χ1v) is 2.19. The van der Waals surface area contributed by atoms with Crippen molar-refractivity contribution in [3.63, 3.8) is 0 Å². The summed E-state index contributed by atoms with van der Waals surface area (Å²) in [7, 11) is 0. The lowest BCUT2D eigenvalue weighted by Gasteiger charge is -2.18. The van der Waals surface area contributed by atoms with E-state index in [1.165, 1.54) is 0 Å². The fraction of sp³-hybridized carbons (Fsp3) is 1.00. The fourth-order valence-corrected chi connectivity index (χ4v) is 0.246. The van der Waals surface area contributed by atoms with Gasteiger partial charge in [0.25, 0.3) is 0 Å². The topological polar surface area (TPSA) is 107 Å². The predicted molar refractivity (Wildman–Crippen MR) is 26.8 cm³/mol. The summed E-state index contributed by atoms with van der Waals surface area (Å²) in [5.74, 6) is 9.39. The van der Waals surface area contributed by atoms with Crippen LogP contribution in [0.4, 0.5) is 0 Å². The summed E-state index contributed by atoms with van der Waals surface area (Å²) < 4.78 is 0. The van der Waals surface area contributed by atoms with E-state index >= 15 is 0 Å². The number of nitrogens with two attached hydrogens (primary N) is 2. The minimum Gasteiger partial charge on any atom is -0.613 e. The molecule has 0 radical (unpaired) electrons. The Morgan fingerprint density at radius 3 is 1.38 bits per heavy atom. The Kier molecular flexibility index (Phi) is 3.61. The molecule has 6 nitrogen and oxygen atoms in total. The first-order chi connectivity index (χ1) is 3.63. The smallest absolute Gasteiger partial charge is 0.146 e. The number of rotatable bonds is 3. The molecule has 0 aromatic heterocycles. The van der Waals surface area contributed by atoms with E-state index in [9.17, 15) is 10.4 Å². The van der Waals surface area contributed by atoms with Gasteiger partial charge in [0.2, 0.25) is 0 Å². The molecule has 0 aliphatic rings. The molecule has 0 saturated carbocycles. The fourth-order valence-electron chi connectivity index (χ4n) is 0.246. The van der Waals surface area contributed by atoms with Crippen LogP contribution < -0.4 is 22.0 Å². The van der Waals surface area contributed by atoms with E-state index < -0.39 is 10.3 Å². The highest BCUT2D eigenvalue weighted by Gasteiger charge is 1.91. The van der Waals surface area contributed by atoms with Crippen LogP contribution >= 0.6 is 0 Å². The molecular weight excluding hydrogens is 112 g/mol. The van der Waals surface area contributed by atoms with Gasteiger partial charge in [0.15, 0.2) is 0 Å². The van der Waals surface area contributed by atoms with Crippen LogP contribution in [0, 0.1) is 10.4 Å². The molecule has 2 atom stereocenters. The van der Waals surface area contributed by atoms with E-state index in [4.69, 9.17) is 11.7 Å². The molecule has 8 heavy (non-hydrogen) atoms. The van der Waals surface area contributed by atoms with Crippen molar-refractivity contribution in [1.29, 1.82) is 0 Å². The largest absolute Gasteiger partial charge is 0.613 e. The summed E-state index contributed by atoms with van der Waals surface area (Å²) in [5, 5.41) is 18.8. The first-order valence-electron chi connectivity index (χ1n) is 2.19.